The second-order valence-electron chi connectivity index (χ2n) is 5.75. The average Bonchev–Trinajstić information content (AvgIpc) is 3.06. The minimum absolute atomic E-state index is 0.617. The van der Waals surface area contributed by atoms with Crippen molar-refractivity contribution < 1.29 is 0 Å². The Hall–Kier alpha value is -1.07. The molecule has 0 amide bonds. The van der Waals surface area contributed by atoms with Crippen molar-refractivity contribution in [3.05, 3.63) is 22.4 Å². The van der Waals surface area contributed by atoms with Gasteiger partial charge in [0, 0.05) is 24.0 Å². The standard InChI is InChI=1S/C17H30N4S/c1-3-18-17(19-11-10-16-9-7-13-22-16)20-14-15-8-5-6-12-21(15)4-2/h7,9,13,15H,3-6,8,10-12,14H2,1-2H3,(H2,18,19,20). The molecular weight excluding hydrogens is 292 g/mol. The molecule has 1 unspecified atom stereocenters. The molecule has 22 heavy (non-hydrogen) atoms. The predicted molar refractivity (Wildman–Crippen MR) is 96.9 cm³/mol. The molecule has 1 saturated heterocycles. The van der Waals surface area contributed by atoms with Crippen LogP contribution in [0.4, 0.5) is 0 Å². The molecule has 0 radical (unpaired) electrons. The highest BCUT2D eigenvalue weighted by atomic mass is 32.1. The normalized spacial score (nSPS) is 20.1. The number of likely N-dealkylation sites (tertiary alicyclic amines) is 1. The lowest BCUT2D eigenvalue weighted by Crippen LogP contribution is -2.43. The van der Waals surface area contributed by atoms with Gasteiger partial charge in [0.1, 0.15) is 0 Å². The first kappa shape index (κ1) is 17.3. The number of nitrogens with one attached hydrogen (secondary N) is 2. The molecule has 1 aromatic heterocycles. The van der Waals surface area contributed by atoms with Crippen LogP contribution in [0.5, 0.6) is 0 Å². The molecule has 1 atom stereocenters. The Kier molecular flexibility index (Phi) is 7.74. The first-order valence-electron chi connectivity index (χ1n) is 8.62. The first-order valence-corrected chi connectivity index (χ1v) is 9.50. The third-order valence-electron chi connectivity index (χ3n) is 4.20. The van der Waals surface area contributed by atoms with Crippen molar-refractivity contribution in [1.29, 1.82) is 0 Å². The number of rotatable bonds is 7. The number of hydrogen-bond donors (Lipinski definition) is 2. The summed E-state index contributed by atoms with van der Waals surface area (Å²) in [5.74, 6) is 0.959. The van der Waals surface area contributed by atoms with Gasteiger partial charge in [0.15, 0.2) is 5.96 Å². The lowest BCUT2D eigenvalue weighted by molar-refractivity contribution is 0.161. The monoisotopic (exact) mass is 322 g/mol. The number of piperidine rings is 1. The van der Waals surface area contributed by atoms with Crippen LogP contribution in [0.2, 0.25) is 0 Å². The fourth-order valence-corrected chi connectivity index (χ4v) is 3.69. The second kappa shape index (κ2) is 9.85. The van der Waals surface area contributed by atoms with Gasteiger partial charge in [0.2, 0.25) is 0 Å². The molecule has 2 N–H and O–H groups in total. The van der Waals surface area contributed by atoms with Crippen LogP contribution in [0.25, 0.3) is 0 Å². The Labute approximate surface area is 139 Å². The van der Waals surface area contributed by atoms with Crippen molar-refractivity contribution in [2.45, 2.75) is 45.6 Å². The molecule has 2 rings (SSSR count). The van der Waals surface area contributed by atoms with Crippen LogP contribution >= 0.6 is 11.3 Å². The van der Waals surface area contributed by atoms with E-state index in [2.05, 4.69) is 46.9 Å². The lowest BCUT2D eigenvalue weighted by atomic mass is 10.0. The van der Waals surface area contributed by atoms with Crippen molar-refractivity contribution in [3.8, 4) is 0 Å². The number of likely N-dealkylation sites (N-methyl/N-ethyl adjacent to an activating group) is 1. The zero-order valence-corrected chi connectivity index (χ0v) is 14.8. The Morgan fingerprint density at radius 3 is 3.00 bits per heavy atom. The highest BCUT2D eigenvalue weighted by Gasteiger charge is 2.20. The SMILES string of the molecule is CCNC(=NCC1CCCCN1CC)NCCc1cccs1. The van der Waals surface area contributed by atoms with Gasteiger partial charge < -0.3 is 10.6 Å². The Bertz CT molecular complexity index is 430. The maximum atomic E-state index is 4.81. The number of thiophene rings is 1. The maximum Gasteiger partial charge on any atom is 0.191 e. The molecule has 124 valence electrons. The van der Waals surface area contributed by atoms with Gasteiger partial charge in [-0.3, -0.25) is 9.89 Å². The van der Waals surface area contributed by atoms with Gasteiger partial charge in [-0.25, -0.2) is 0 Å². The van der Waals surface area contributed by atoms with Crippen LogP contribution in [0, 0.1) is 0 Å². The Morgan fingerprint density at radius 1 is 1.36 bits per heavy atom. The fraction of sp³-hybridized carbons (Fsp3) is 0.706. The van der Waals surface area contributed by atoms with Crippen LogP contribution in [0.3, 0.4) is 0 Å². The molecule has 0 bridgehead atoms. The first-order chi connectivity index (χ1) is 10.8. The Morgan fingerprint density at radius 2 is 2.27 bits per heavy atom. The van der Waals surface area contributed by atoms with E-state index in [4.69, 9.17) is 4.99 Å². The van der Waals surface area contributed by atoms with E-state index in [9.17, 15) is 0 Å². The van der Waals surface area contributed by atoms with E-state index < -0.39 is 0 Å². The molecule has 1 aliphatic heterocycles. The summed E-state index contributed by atoms with van der Waals surface area (Å²) < 4.78 is 0. The van der Waals surface area contributed by atoms with Gasteiger partial charge >= 0.3 is 0 Å². The number of hydrogen-bond acceptors (Lipinski definition) is 3. The molecule has 0 spiro atoms. The molecule has 0 aromatic carbocycles. The van der Waals surface area contributed by atoms with Crippen molar-refractivity contribution in [2.24, 2.45) is 4.99 Å². The third kappa shape index (κ3) is 5.61. The van der Waals surface area contributed by atoms with Gasteiger partial charge in [-0.05, 0) is 50.7 Å². The molecule has 4 nitrogen and oxygen atoms in total. The van der Waals surface area contributed by atoms with Gasteiger partial charge in [0.05, 0.1) is 6.54 Å². The molecule has 0 aliphatic carbocycles. The summed E-state index contributed by atoms with van der Waals surface area (Å²) in [6.07, 6.45) is 5.03. The number of aliphatic imine (C=N–C) groups is 1. The summed E-state index contributed by atoms with van der Waals surface area (Å²) >= 11 is 1.82. The van der Waals surface area contributed by atoms with Crippen LogP contribution in [-0.4, -0.2) is 49.6 Å². The average molecular weight is 323 g/mol. The summed E-state index contributed by atoms with van der Waals surface area (Å²) in [5, 5.41) is 8.95. The van der Waals surface area contributed by atoms with Gasteiger partial charge in [-0.1, -0.05) is 19.4 Å². The van der Waals surface area contributed by atoms with E-state index in [1.165, 1.54) is 30.7 Å². The van der Waals surface area contributed by atoms with Crippen LogP contribution in [0.15, 0.2) is 22.5 Å². The molecule has 0 saturated carbocycles. The van der Waals surface area contributed by atoms with E-state index in [-0.39, 0.29) is 0 Å². The minimum Gasteiger partial charge on any atom is -0.357 e. The van der Waals surface area contributed by atoms with Gasteiger partial charge in [-0.2, -0.15) is 0 Å². The zero-order chi connectivity index (χ0) is 15.6. The summed E-state index contributed by atoms with van der Waals surface area (Å²) in [6.45, 7) is 9.51. The van der Waals surface area contributed by atoms with Crippen LogP contribution < -0.4 is 10.6 Å². The Balaban J connectivity index is 1.80. The number of nitrogens with zero attached hydrogens (tertiary/aromatic N) is 2. The predicted octanol–water partition coefficient (Wildman–Crippen LogP) is 2.72. The molecule has 1 fully saturated rings. The molecule has 1 aliphatic rings. The highest BCUT2D eigenvalue weighted by Crippen LogP contribution is 2.16. The van der Waals surface area contributed by atoms with E-state index in [0.29, 0.717) is 6.04 Å². The summed E-state index contributed by atoms with van der Waals surface area (Å²) in [6, 6.07) is 4.92. The van der Waals surface area contributed by atoms with Crippen LogP contribution in [0.1, 0.15) is 38.0 Å². The summed E-state index contributed by atoms with van der Waals surface area (Å²) in [4.78, 5) is 8.81. The quantitative estimate of drug-likeness (QED) is 0.599. The largest absolute Gasteiger partial charge is 0.357 e. The van der Waals surface area contributed by atoms with Crippen LogP contribution in [-0.2, 0) is 6.42 Å². The lowest BCUT2D eigenvalue weighted by Gasteiger charge is -2.33. The summed E-state index contributed by atoms with van der Waals surface area (Å²) in [7, 11) is 0. The third-order valence-corrected chi connectivity index (χ3v) is 5.14. The molecule has 5 heteroatoms. The van der Waals surface area contributed by atoms with E-state index in [1.807, 2.05) is 11.3 Å². The van der Waals surface area contributed by atoms with Crippen molar-refractivity contribution >= 4 is 17.3 Å². The molecule has 1 aromatic rings. The number of guanidine groups is 1. The van der Waals surface area contributed by atoms with E-state index in [1.54, 1.807) is 0 Å². The topological polar surface area (TPSA) is 39.7 Å². The maximum absolute atomic E-state index is 4.81. The van der Waals surface area contributed by atoms with Gasteiger partial charge in [0.25, 0.3) is 0 Å². The fourth-order valence-electron chi connectivity index (χ4n) is 2.98. The zero-order valence-electron chi connectivity index (χ0n) is 14.0. The summed E-state index contributed by atoms with van der Waals surface area (Å²) in [5.41, 5.74) is 0. The minimum atomic E-state index is 0.617. The smallest absolute Gasteiger partial charge is 0.191 e. The molecular formula is C17H30N4S. The van der Waals surface area contributed by atoms with Crippen molar-refractivity contribution in [2.75, 3.05) is 32.7 Å². The van der Waals surface area contributed by atoms with Crippen molar-refractivity contribution in [1.82, 2.24) is 15.5 Å². The van der Waals surface area contributed by atoms with E-state index in [0.717, 1.165) is 38.6 Å². The molecule has 2 heterocycles. The second-order valence-corrected chi connectivity index (χ2v) is 6.79. The van der Waals surface area contributed by atoms with Gasteiger partial charge in [-0.15, -0.1) is 11.3 Å². The van der Waals surface area contributed by atoms with E-state index >= 15 is 0 Å². The highest BCUT2D eigenvalue weighted by molar-refractivity contribution is 7.09. The van der Waals surface area contributed by atoms with Crippen molar-refractivity contribution in [3.63, 3.8) is 0 Å².